The standard InChI is InChI=1S/C27H30FN7O3/c1-37-24-13-22-23(14-25(24)38-11-5-10-34-8-2-3-9-34)29-18-30-27(22)33-21-15-31-35(16-21)17-26(36)32-20-7-4-6-19(28)12-20/h4,6-7,12-16,18H,2-3,5,8-11,17H2,1H3,(H,32,36)(H,29,30,33). The fourth-order valence-electron chi connectivity index (χ4n) is 4.48. The van der Waals surface area contributed by atoms with E-state index in [0.717, 1.165) is 18.4 Å². The van der Waals surface area contributed by atoms with Gasteiger partial charge in [-0.3, -0.25) is 9.48 Å². The van der Waals surface area contributed by atoms with Gasteiger partial charge in [0.05, 0.1) is 31.1 Å². The highest BCUT2D eigenvalue weighted by atomic mass is 19.1. The lowest BCUT2D eigenvalue weighted by atomic mass is 10.2. The number of hydrogen-bond donors (Lipinski definition) is 2. The highest BCUT2D eigenvalue weighted by molar-refractivity contribution is 5.93. The normalized spacial score (nSPS) is 13.5. The van der Waals surface area contributed by atoms with Crippen LogP contribution in [-0.4, -0.2) is 63.9 Å². The predicted octanol–water partition coefficient (Wildman–Crippen LogP) is 4.22. The summed E-state index contributed by atoms with van der Waals surface area (Å²) in [6, 6.07) is 9.44. The summed E-state index contributed by atoms with van der Waals surface area (Å²) >= 11 is 0. The molecule has 198 valence electrons. The van der Waals surface area contributed by atoms with Gasteiger partial charge in [0.2, 0.25) is 5.91 Å². The number of nitrogens with zero attached hydrogens (tertiary/aromatic N) is 5. The third kappa shape index (κ3) is 6.35. The van der Waals surface area contributed by atoms with Crippen molar-refractivity contribution < 1.29 is 18.7 Å². The molecule has 10 nitrogen and oxygen atoms in total. The molecule has 5 rings (SSSR count). The molecule has 3 heterocycles. The van der Waals surface area contributed by atoms with Gasteiger partial charge in [0.25, 0.3) is 0 Å². The Hall–Kier alpha value is -4.25. The molecule has 0 unspecified atom stereocenters. The molecular weight excluding hydrogens is 489 g/mol. The summed E-state index contributed by atoms with van der Waals surface area (Å²) in [6.45, 7) is 3.95. The van der Waals surface area contributed by atoms with E-state index < -0.39 is 5.82 Å². The molecule has 0 radical (unpaired) electrons. The molecule has 1 fully saturated rings. The molecule has 1 aliphatic heterocycles. The van der Waals surface area contributed by atoms with Crippen LogP contribution in [0.4, 0.5) is 21.6 Å². The van der Waals surface area contributed by atoms with Gasteiger partial charge in [0.15, 0.2) is 11.5 Å². The molecule has 2 aromatic carbocycles. The molecule has 4 aromatic rings. The molecule has 2 aromatic heterocycles. The first kappa shape index (κ1) is 25.4. The summed E-state index contributed by atoms with van der Waals surface area (Å²) in [5.41, 5.74) is 1.74. The molecule has 1 amide bonds. The van der Waals surface area contributed by atoms with Gasteiger partial charge in [-0.05, 0) is 56.6 Å². The number of fused-ring (bicyclic) bond motifs is 1. The number of hydrogen-bond acceptors (Lipinski definition) is 8. The lowest BCUT2D eigenvalue weighted by Crippen LogP contribution is -2.21. The van der Waals surface area contributed by atoms with Crippen molar-refractivity contribution in [3.8, 4) is 11.5 Å². The number of anilines is 3. The maximum Gasteiger partial charge on any atom is 0.246 e. The van der Waals surface area contributed by atoms with Gasteiger partial charge in [-0.2, -0.15) is 5.10 Å². The highest BCUT2D eigenvalue weighted by Crippen LogP contribution is 2.34. The molecule has 11 heteroatoms. The van der Waals surface area contributed by atoms with Crippen molar-refractivity contribution in [2.75, 3.05) is 44.0 Å². The zero-order valence-corrected chi connectivity index (χ0v) is 21.2. The van der Waals surface area contributed by atoms with Gasteiger partial charge < -0.3 is 25.0 Å². The van der Waals surface area contributed by atoms with E-state index in [2.05, 4.69) is 30.6 Å². The maximum absolute atomic E-state index is 13.4. The Morgan fingerprint density at radius 3 is 2.79 bits per heavy atom. The number of rotatable bonds is 11. The molecule has 0 atom stereocenters. The van der Waals surface area contributed by atoms with Crippen LogP contribution in [0.1, 0.15) is 19.3 Å². The minimum Gasteiger partial charge on any atom is -0.493 e. The van der Waals surface area contributed by atoms with Crippen molar-refractivity contribution >= 4 is 34.0 Å². The number of benzene rings is 2. The number of halogens is 1. The number of methoxy groups -OCH3 is 1. The molecule has 1 saturated heterocycles. The van der Waals surface area contributed by atoms with Crippen molar-refractivity contribution in [3.05, 3.63) is 60.9 Å². The van der Waals surface area contributed by atoms with E-state index >= 15 is 0 Å². The average Bonchev–Trinajstić information content (AvgIpc) is 3.58. The Morgan fingerprint density at radius 2 is 1.97 bits per heavy atom. The van der Waals surface area contributed by atoms with E-state index in [9.17, 15) is 9.18 Å². The number of amides is 1. The van der Waals surface area contributed by atoms with Crippen molar-refractivity contribution in [2.45, 2.75) is 25.8 Å². The van der Waals surface area contributed by atoms with E-state index in [1.807, 2.05) is 12.1 Å². The Kier molecular flexibility index (Phi) is 7.93. The van der Waals surface area contributed by atoms with Crippen LogP contribution in [0, 0.1) is 5.82 Å². The van der Waals surface area contributed by atoms with Crippen LogP contribution < -0.4 is 20.1 Å². The number of carbonyl (C=O) groups excluding carboxylic acids is 1. The number of nitrogens with one attached hydrogen (secondary N) is 2. The van der Waals surface area contributed by atoms with Gasteiger partial charge in [0.1, 0.15) is 24.5 Å². The Bertz CT molecular complexity index is 1400. The molecule has 0 saturated carbocycles. The van der Waals surface area contributed by atoms with Crippen LogP contribution >= 0.6 is 0 Å². The summed E-state index contributed by atoms with van der Waals surface area (Å²) < 4.78 is 26.5. The van der Waals surface area contributed by atoms with Crippen LogP contribution in [0.25, 0.3) is 10.9 Å². The molecule has 0 spiro atoms. The van der Waals surface area contributed by atoms with Gasteiger partial charge in [0, 0.05) is 29.9 Å². The van der Waals surface area contributed by atoms with Crippen molar-refractivity contribution in [2.24, 2.45) is 0 Å². The Balaban J connectivity index is 1.23. The second-order valence-electron chi connectivity index (χ2n) is 9.10. The van der Waals surface area contributed by atoms with E-state index in [1.165, 1.54) is 55.1 Å². The second-order valence-corrected chi connectivity index (χ2v) is 9.10. The van der Waals surface area contributed by atoms with Gasteiger partial charge >= 0.3 is 0 Å². The SMILES string of the molecule is COc1cc2c(Nc3cnn(CC(=O)Nc4cccc(F)c4)c3)ncnc2cc1OCCCN1CCCC1. The lowest BCUT2D eigenvalue weighted by molar-refractivity contribution is -0.116. The minimum atomic E-state index is -0.418. The van der Waals surface area contributed by atoms with E-state index in [0.29, 0.717) is 40.8 Å². The van der Waals surface area contributed by atoms with Crippen LogP contribution in [-0.2, 0) is 11.3 Å². The number of aromatic nitrogens is 4. The molecule has 2 N–H and O–H groups in total. The Labute approximate surface area is 219 Å². The van der Waals surface area contributed by atoms with E-state index in [4.69, 9.17) is 9.47 Å². The molecule has 1 aliphatic rings. The zero-order chi connectivity index (χ0) is 26.3. The first-order valence-electron chi connectivity index (χ1n) is 12.6. The Morgan fingerprint density at radius 1 is 1.11 bits per heavy atom. The third-order valence-electron chi connectivity index (χ3n) is 6.31. The first-order chi connectivity index (χ1) is 18.6. The topological polar surface area (TPSA) is 106 Å². The van der Waals surface area contributed by atoms with Gasteiger partial charge in [-0.1, -0.05) is 6.07 Å². The van der Waals surface area contributed by atoms with Crippen molar-refractivity contribution in [3.63, 3.8) is 0 Å². The average molecular weight is 520 g/mol. The maximum atomic E-state index is 13.4. The lowest BCUT2D eigenvalue weighted by Gasteiger charge is -2.16. The van der Waals surface area contributed by atoms with Crippen LogP contribution in [0.15, 0.2) is 55.1 Å². The first-order valence-corrected chi connectivity index (χ1v) is 12.6. The van der Waals surface area contributed by atoms with Crippen molar-refractivity contribution in [1.82, 2.24) is 24.6 Å². The summed E-state index contributed by atoms with van der Waals surface area (Å²) in [7, 11) is 1.61. The third-order valence-corrected chi connectivity index (χ3v) is 6.31. The fourth-order valence-corrected chi connectivity index (χ4v) is 4.48. The van der Waals surface area contributed by atoms with E-state index in [1.54, 1.807) is 25.6 Å². The van der Waals surface area contributed by atoms with Crippen LogP contribution in [0.3, 0.4) is 0 Å². The molecule has 0 bridgehead atoms. The monoisotopic (exact) mass is 519 g/mol. The second kappa shape index (κ2) is 11.9. The smallest absolute Gasteiger partial charge is 0.246 e. The fraction of sp³-hybridized carbons (Fsp3) is 0.333. The zero-order valence-electron chi connectivity index (χ0n) is 21.2. The number of carbonyl (C=O) groups is 1. The number of likely N-dealkylation sites (tertiary alicyclic amines) is 1. The quantitative estimate of drug-likeness (QED) is 0.284. The summed E-state index contributed by atoms with van der Waals surface area (Å²) in [5, 5.41) is 10.9. The predicted molar refractivity (Wildman–Crippen MR) is 142 cm³/mol. The van der Waals surface area contributed by atoms with Crippen LogP contribution in [0.5, 0.6) is 11.5 Å². The molecule has 38 heavy (non-hydrogen) atoms. The van der Waals surface area contributed by atoms with Gasteiger partial charge in [-0.15, -0.1) is 0 Å². The van der Waals surface area contributed by atoms with Crippen LogP contribution in [0.2, 0.25) is 0 Å². The molecule has 0 aliphatic carbocycles. The van der Waals surface area contributed by atoms with Gasteiger partial charge in [-0.25, -0.2) is 14.4 Å². The summed E-state index contributed by atoms with van der Waals surface area (Å²) in [5.74, 6) is 1.07. The minimum absolute atomic E-state index is 0.0327. The number of ether oxygens (including phenoxy) is 2. The largest absolute Gasteiger partial charge is 0.493 e. The molecular formula is C27H30FN7O3. The summed E-state index contributed by atoms with van der Waals surface area (Å²) in [6.07, 6.45) is 8.27. The highest BCUT2D eigenvalue weighted by Gasteiger charge is 2.14. The summed E-state index contributed by atoms with van der Waals surface area (Å²) in [4.78, 5) is 23.6. The van der Waals surface area contributed by atoms with E-state index in [-0.39, 0.29) is 12.5 Å². The van der Waals surface area contributed by atoms with Crippen molar-refractivity contribution in [1.29, 1.82) is 0 Å².